The number of carboxylic acids is 1. The number of furan rings is 1. The van der Waals surface area contributed by atoms with Crippen LogP contribution in [-0.4, -0.2) is 11.1 Å². The van der Waals surface area contributed by atoms with Gasteiger partial charge >= 0.3 is 5.97 Å². The molecule has 0 aliphatic rings. The molecule has 4 nitrogen and oxygen atoms in total. The lowest BCUT2D eigenvalue weighted by Crippen LogP contribution is -2.03. The van der Waals surface area contributed by atoms with Crippen molar-refractivity contribution in [3.05, 3.63) is 53.0 Å². The molecule has 0 spiro atoms. The fraction of sp³-hybridized carbons (Fsp3) is 0.267. The number of rotatable bonds is 5. The third-order valence-corrected chi connectivity index (χ3v) is 3.05. The Bertz CT molecular complexity index is 587. The van der Waals surface area contributed by atoms with Gasteiger partial charge in [0.25, 0.3) is 0 Å². The summed E-state index contributed by atoms with van der Waals surface area (Å²) in [7, 11) is 0. The lowest BCUT2D eigenvalue weighted by atomic mass is 10.1. The van der Waals surface area contributed by atoms with Gasteiger partial charge in [-0.05, 0) is 36.6 Å². The van der Waals surface area contributed by atoms with Crippen LogP contribution in [0.2, 0.25) is 0 Å². The number of benzene rings is 1. The molecule has 2 rings (SSSR count). The average Bonchev–Trinajstić information content (AvgIpc) is 2.86. The van der Waals surface area contributed by atoms with Gasteiger partial charge in [0.1, 0.15) is 5.76 Å². The van der Waals surface area contributed by atoms with Gasteiger partial charge in [0.15, 0.2) is 0 Å². The molecule has 0 fully saturated rings. The fourth-order valence-corrected chi connectivity index (χ4v) is 2.04. The summed E-state index contributed by atoms with van der Waals surface area (Å²) in [5.74, 6) is -0.462. The third-order valence-electron chi connectivity index (χ3n) is 3.05. The van der Waals surface area contributed by atoms with Crippen LogP contribution in [0.15, 0.2) is 34.7 Å². The molecule has 4 heteroatoms. The van der Waals surface area contributed by atoms with E-state index in [0.29, 0.717) is 12.3 Å². The molecule has 19 heavy (non-hydrogen) atoms. The molecule has 0 unspecified atom stereocenters. The summed E-state index contributed by atoms with van der Waals surface area (Å²) < 4.78 is 5.22. The summed E-state index contributed by atoms with van der Waals surface area (Å²) in [6, 6.07) is 9.32. The number of aromatic carboxylic acids is 1. The number of hydrogen-bond acceptors (Lipinski definition) is 3. The Hall–Kier alpha value is -2.23. The minimum absolute atomic E-state index is 0.0303. The molecule has 1 aromatic carbocycles. The number of carboxylic acid groups (broad SMARTS) is 1. The summed E-state index contributed by atoms with van der Waals surface area (Å²) in [5, 5.41) is 12.1. The Morgan fingerprint density at radius 3 is 2.74 bits per heavy atom. The van der Waals surface area contributed by atoms with Gasteiger partial charge in [-0.1, -0.05) is 25.1 Å². The Morgan fingerprint density at radius 2 is 2.11 bits per heavy atom. The van der Waals surface area contributed by atoms with Crippen molar-refractivity contribution in [2.24, 2.45) is 0 Å². The van der Waals surface area contributed by atoms with Crippen LogP contribution in [-0.2, 0) is 13.0 Å². The molecule has 2 N–H and O–H groups in total. The van der Waals surface area contributed by atoms with Crippen molar-refractivity contribution < 1.29 is 14.3 Å². The molecule has 0 radical (unpaired) electrons. The maximum Gasteiger partial charge on any atom is 0.371 e. The second-order valence-electron chi connectivity index (χ2n) is 4.39. The van der Waals surface area contributed by atoms with Gasteiger partial charge in [-0.3, -0.25) is 0 Å². The van der Waals surface area contributed by atoms with Crippen LogP contribution in [0.5, 0.6) is 0 Å². The van der Waals surface area contributed by atoms with Gasteiger partial charge in [-0.2, -0.15) is 0 Å². The Morgan fingerprint density at radius 1 is 1.32 bits per heavy atom. The van der Waals surface area contributed by atoms with Gasteiger partial charge < -0.3 is 14.8 Å². The first-order valence-corrected chi connectivity index (χ1v) is 6.26. The average molecular weight is 259 g/mol. The van der Waals surface area contributed by atoms with Crippen LogP contribution in [0.4, 0.5) is 5.69 Å². The quantitative estimate of drug-likeness (QED) is 0.863. The molecule has 0 atom stereocenters. The van der Waals surface area contributed by atoms with E-state index in [-0.39, 0.29) is 5.76 Å². The summed E-state index contributed by atoms with van der Waals surface area (Å²) in [4.78, 5) is 10.7. The number of anilines is 1. The van der Waals surface area contributed by atoms with E-state index in [0.717, 1.165) is 12.1 Å². The normalized spacial score (nSPS) is 10.4. The van der Waals surface area contributed by atoms with E-state index in [1.54, 1.807) is 6.07 Å². The zero-order valence-electron chi connectivity index (χ0n) is 11.1. The van der Waals surface area contributed by atoms with Crippen molar-refractivity contribution in [1.82, 2.24) is 0 Å². The minimum Gasteiger partial charge on any atom is -0.475 e. The highest BCUT2D eigenvalue weighted by Crippen LogP contribution is 2.22. The zero-order valence-corrected chi connectivity index (χ0v) is 11.1. The monoisotopic (exact) mass is 259 g/mol. The highest BCUT2D eigenvalue weighted by atomic mass is 16.4. The van der Waals surface area contributed by atoms with Gasteiger partial charge in [0.05, 0.1) is 6.54 Å². The molecule has 0 saturated heterocycles. The number of hydrogen-bond donors (Lipinski definition) is 2. The third kappa shape index (κ3) is 2.96. The van der Waals surface area contributed by atoms with E-state index < -0.39 is 5.97 Å². The van der Waals surface area contributed by atoms with Crippen LogP contribution in [0, 0.1) is 6.92 Å². The molecule has 100 valence electrons. The summed E-state index contributed by atoms with van der Waals surface area (Å²) in [5.41, 5.74) is 3.51. The van der Waals surface area contributed by atoms with Crippen LogP contribution >= 0.6 is 0 Å². The first kappa shape index (κ1) is 13.2. The number of para-hydroxylation sites is 1. The predicted octanol–water partition coefficient (Wildman–Crippen LogP) is 3.46. The van der Waals surface area contributed by atoms with Crippen molar-refractivity contribution in [3.8, 4) is 0 Å². The van der Waals surface area contributed by atoms with Gasteiger partial charge in [-0.25, -0.2) is 4.79 Å². The van der Waals surface area contributed by atoms with Crippen molar-refractivity contribution in [3.63, 3.8) is 0 Å². The van der Waals surface area contributed by atoms with Crippen LogP contribution in [0.3, 0.4) is 0 Å². The smallest absolute Gasteiger partial charge is 0.371 e. The van der Waals surface area contributed by atoms with E-state index in [1.165, 1.54) is 17.2 Å². The highest BCUT2D eigenvalue weighted by molar-refractivity contribution is 5.84. The predicted molar refractivity (Wildman–Crippen MR) is 73.6 cm³/mol. The van der Waals surface area contributed by atoms with Crippen LogP contribution in [0.1, 0.15) is 34.4 Å². The maximum absolute atomic E-state index is 10.7. The molecule has 2 aromatic rings. The van der Waals surface area contributed by atoms with Gasteiger partial charge in [-0.15, -0.1) is 0 Å². The lowest BCUT2D eigenvalue weighted by molar-refractivity contribution is 0.0660. The zero-order chi connectivity index (χ0) is 13.8. The summed E-state index contributed by atoms with van der Waals surface area (Å²) in [6.07, 6.45) is 0.947. The van der Waals surface area contributed by atoms with Gasteiger partial charge in [0.2, 0.25) is 5.76 Å². The molecular weight excluding hydrogens is 242 g/mol. The minimum atomic E-state index is -1.05. The van der Waals surface area contributed by atoms with E-state index in [9.17, 15) is 4.79 Å². The summed E-state index contributed by atoms with van der Waals surface area (Å²) in [6.45, 7) is 4.63. The molecule has 0 aliphatic heterocycles. The second kappa shape index (κ2) is 5.61. The molecule has 0 amide bonds. The number of carbonyl (C=O) groups is 1. The molecular formula is C15H17NO3. The molecule has 1 heterocycles. The Labute approximate surface area is 112 Å². The second-order valence-corrected chi connectivity index (χ2v) is 4.39. The first-order chi connectivity index (χ1) is 9.11. The number of nitrogens with one attached hydrogen (secondary N) is 1. The number of aryl methyl sites for hydroxylation is 2. The highest BCUT2D eigenvalue weighted by Gasteiger charge is 2.09. The summed E-state index contributed by atoms with van der Waals surface area (Å²) >= 11 is 0. The molecule has 0 aliphatic carbocycles. The largest absolute Gasteiger partial charge is 0.475 e. The van der Waals surface area contributed by atoms with E-state index in [4.69, 9.17) is 9.52 Å². The van der Waals surface area contributed by atoms with Crippen molar-refractivity contribution in [2.75, 3.05) is 5.32 Å². The Kier molecular flexibility index (Phi) is 3.90. The molecule has 1 aromatic heterocycles. The van der Waals surface area contributed by atoms with Crippen molar-refractivity contribution in [2.45, 2.75) is 26.8 Å². The lowest BCUT2D eigenvalue weighted by Gasteiger charge is -2.12. The Balaban J connectivity index is 2.12. The molecule has 0 bridgehead atoms. The first-order valence-electron chi connectivity index (χ1n) is 6.26. The fourth-order valence-electron chi connectivity index (χ4n) is 2.04. The van der Waals surface area contributed by atoms with Crippen LogP contribution < -0.4 is 5.32 Å². The van der Waals surface area contributed by atoms with E-state index in [2.05, 4.69) is 18.3 Å². The standard InChI is InChI=1S/C15H17NO3/c1-3-11-6-4-5-10(2)14(11)16-9-12-7-8-13(19-12)15(17)18/h4-8,16H,3,9H2,1-2H3,(H,17,18). The SMILES string of the molecule is CCc1cccc(C)c1NCc1ccc(C(=O)O)o1. The maximum atomic E-state index is 10.7. The van der Waals surface area contributed by atoms with E-state index >= 15 is 0 Å². The van der Waals surface area contributed by atoms with Crippen LogP contribution in [0.25, 0.3) is 0 Å². The van der Waals surface area contributed by atoms with E-state index in [1.807, 2.05) is 19.1 Å². The van der Waals surface area contributed by atoms with Gasteiger partial charge in [0, 0.05) is 5.69 Å². The molecule has 0 saturated carbocycles. The topological polar surface area (TPSA) is 62.5 Å². The van der Waals surface area contributed by atoms with Crippen molar-refractivity contribution >= 4 is 11.7 Å². The van der Waals surface area contributed by atoms with Crippen molar-refractivity contribution in [1.29, 1.82) is 0 Å².